The van der Waals surface area contributed by atoms with Crippen LogP contribution in [0.4, 0.5) is 0 Å². The van der Waals surface area contributed by atoms with Gasteiger partial charge in [-0.3, -0.25) is 0 Å². The average Bonchev–Trinajstić information content (AvgIpc) is 3.00. The minimum Gasteiger partial charge on any atom is -0.240 e. The fourth-order valence-electron chi connectivity index (χ4n) is 1.73. The van der Waals surface area contributed by atoms with E-state index in [2.05, 4.69) is 11.1 Å². The van der Waals surface area contributed by atoms with Gasteiger partial charge >= 0.3 is 0 Å². The minimum absolute atomic E-state index is 0.252. The van der Waals surface area contributed by atoms with Crippen LogP contribution in [-0.2, 0) is 5.41 Å². The summed E-state index contributed by atoms with van der Waals surface area (Å²) < 4.78 is 0. The Bertz CT molecular complexity index is 547. The van der Waals surface area contributed by atoms with Gasteiger partial charge in [-0.1, -0.05) is 30.3 Å². The number of benzene rings is 1. The zero-order chi connectivity index (χ0) is 11.0. The normalized spacial score (nSPS) is 16.7. The number of aromatic nitrogens is 1. The van der Waals surface area contributed by atoms with Crippen molar-refractivity contribution in [2.24, 2.45) is 0 Å². The lowest BCUT2D eigenvalue weighted by atomic mass is 10.1. The molecule has 1 aromatic heterocycles. The summed E-state index contributed by atoms with van der Waals surface area (Å²) in [5.74, 6) is 0. The zero-order valence-corrected chi connectivity index (χ0v) is 9.50. The van der Waals surface area contributed by atoms with Gasteiger partial charge in [0, 0.05) is 10.9 Å². The van der Waals surface area contributed by atoms with Gasteiger partial charge in [0.2, 0.25) is 0 Å². The van der Waals surface area contributed by atoms with E-state index in [0.29, 0.717) is 0 Å². The third-order valence-electron chi connectivity index (χ3n) is 2.95. The predicted molar refractivity (Wildman–Crippen MR) is 64.1 cm³/mol. The van der Waals surface area contributed by atoms with Gasteiger partial charge in [-0.2, -0.15) is 5.26 Å². The van der Waals surface area contributed by atoms with E-state index in [1.54, 1.807) is 11.3 Å². The Kier molecular flexibility index (Phi) is 2.05. The molecule has 3 rings (SSSR count). The maximum atomic E-state index is 9.11. The van der Waals surface area contributed by atoms with Crippen LogP contribution < -0.4 is 0 Å². The van der Waals surface area contributed by atoms with Gasteiger partial charge in [0.15, 0.2) is 0 Å². The Balaban J connectivity index is 1.98. The first-order valence-corrected chi connectivity index (χ1v) is 6.15. The number of nitriles is 1. The number of nitrogens with zero attached hydrogens (tertiary/aromatic N) is 2. The molecule has 0 unspecified atom stereocenters. The molecule has 0 spiro atoms. The van der Waals surface area contributed by atoms with Crippen molar-refractivity contribution in [1.29, 1.82) is 5.26 Å². The highest BCUT2D eigenvalue weighted by Gasteiger charge is 2.47. The van der Waals surface area contributed by atoms with E-state index in [1.165, 1.54) is 0 Å². The molecule has 1 saturated carbocycles. The summed E-state index contributed by atoms with van der Waals surface area (Å²) >= 11 is 1.60. The fraction of sp³-hybridized carbons (Fsp3) is 0.231. The summed E-state index contributed by atoms with van der Waals surface area (Å²) in [4.78, 5) is 4.58. The van der Waals surface area contributed by atoms with Gasteiger partial charge in [-0.05, 0) is 12.8 Å². The van der Waals surface area contributed by atoms with E-state index in [9.17, 15) is 0 Å². The number of thiazole rings is 1. The topological polar surface area (TPSA) is 36.7 Å². The summed E-state index contributed by atoms with van der Waals surface area (Å²) in [5, 5.41) is 12.1. The molecule has 1 aromatic carbocycles. The highest BCUT2D eigenvalue weighted by Crippen LogP contribution is 2.49. The summed E-state index contributed by atoms with van der Waals surface area (Å²) in [6.07, 6.45) is 1.93. The summed E-state index contributed by atoms with van der Waals surface area (Å²) in [7, 11) is 0. The van der Waals surface area contributed by atoms with Crippen LogP contribution >= 0.6 is 11.3 Å². The fourth-order valence-corrected chi connectivity index (χ4v) is 2.77. The summed E-state index contributed by atoms with van der Waals surface area (Å²) in [6, 6.07) is 12.5. The average molecular weight is 226 g/mol. The molecular formula is C13H10N2S. The van der Waals surface area contributed by atoms with E-state index in [1.807, 2.05) is 35.7 Å². The molecule has 0 bridgehead atoms. The van der Waals surface area contributed by atoms with Gasteiger partial charge in [-0.15, -0.1) is 11.3 Å². The highest BCUT2D eigenvalue weighted by atomic mass is 32.1. The highest BCUT2D eigenvalue weighted by molar-refractivity contribution is 7.10. The molecule has 1 aliphatic rings. The Labute approximate surface area is 98.2 Å². The second-order valence-electron chi connectivity index (χ2n) is 4.10. The Morgan fingerprint density at radius 2 is 2.00 bits per heavy atom. The molecule has 0 amide bonds. The molecule has 1 aliphatic carbocycles. The summed E-state index contributed by atoms with van der Waals surface area (Å²) in [5.41, 5.74) is 1.86. The molecule has 16 heavy (non-hydrogen) atoms. The minimum atomic E-state index is -0.252. The van der Waals surface area contributed by atoms with E-state index in [-0.39, 0.29) is 5.41 Å². The number of hydrogen-bond donors (Lipinski definition) is 0. The van der Waals surface area contributed by atoms with Crippen molar-refractivity contribution in [3.63, 3.8) is 0 Å². The van der Waals surface area contributed by atoms with Crippen LogP contribution in [0.3, 0.4) is 0 Å². The maximum absolute atomic E-state index is 9.11. The lowest BCUT2D eigenvalue weighted by molar-refractivity contribution is 0.891. The van der Waals surface area contributed by atoms with Crippen LogP contribution in [0.15, 0.2) is 35.7 Å². The first kappa shape index (κ1) is 9.56. The second-order valence-corrected chi connectivity index (χ2v) is 4.96. The lowest BCUT2D eigenvalue weighted by Crippen LogP contribution is -2.01. The Morgan fingerprint density at radius 1 is 1.25 bits per heavy atom. The number of rotatable bonds is 2. The van der Waals surface area contributed by atoms with Crippen molar-refractivity contribution in [1.82, 2.24) is 4.98 Å². The van der Waals surface area contributed by atoms with Gasteiger partial charge in [0.05, 0.1) is 11.8 Å². The van der Waals surface area contributed by atoms with Crippen LogP contribution in [0.5, 0.6) is 0 Å². The van der Waals surface area contributed by atoms with Crippen LogP contribution in [0, 0.1) is 11.3 Å². The van der Waals surface area contributed by atoms with Gasteiger partial charge in [0.25, 0.3) is 0 Å². The van der Waals surface area contributed by atoms with Crippen molar-refractivity contribution in [2.75, 3.05) is 0 Å². The second kappa shape index (κ2) is 3.43. The maximum Gasteiger partial charge on any atom is 0.114 e. The van der Waals surface area contributed by atoms with E-state index in [0.717, 1.165) is 29.1 Å². The molecule has 1 heterocycles. The van der Waals surface area contributed by atoms with Gasteiger partial charge in [-0.25, -0.2) is 4.98 Å². The van der Waals surface area contributed by atoms with E-state index >= 15 is 0 Å². The Hall–Kier alpha value is -1.66. The van der Waals surface area contributed by atoms with Crippen LogP contribution in [0.1, 0.15) is 17.8 Å². The third-order valence-corrected chi connectivity index (χ3v) is 3.99. The van der Waals surface area contributed by atoms with Crippen molar-refractivity contribution < 1.29 is 0 Å². The molecular weight excluding hydrogens is 216 g/mol. The lowest BCUT2D eigenvalue weighted by Gasteiger charge is -1.98. The SMILES string of the molecule is N#CC1(c2nc(-c3ccccc3)cs2)CC1. The molecule has 0 N–H and O–H groups in total. The third kappa shape index (κ3) is 1.43. The monoisotopic (exact) mass is 226 g/mol. The van der Waals surface area contributed by atoms with Crippen molar-refractivity contribution in [2.45, 2.75) is 18.3 Å². The van der Waals surface area contributed by atoms with Crippen LogP contribution in [0.2, 0.25) is 0 Å². The molecule has 3 heteroatoms. The van der Waals surface area contributed by atoms with Crippen LogP contribution in [-0.4, -0.2) is 4.98 Å². The molecule has 78 valence electrons. The molecule has 0 radical (unpaired) electrons. The van der Waals surface area contributed by atoms with Crippen molar-refractivity contribution >= 4 is 11.3 Å². The van der Waals surface area contributed by atoms with E-state index in [4.69, 9.17) is 5.26 Å². The first-order valence-electron chi connectivity index (χ1n) is 5.27. The van der Waals surface area contributed by atoms with Crippen molar-refractivity contribution in [3.05, 3.63) is 40.7 Å². The van der Waals surface area contributed by atoms with Crippen LogP contribution in [0.25, 0.3) is 11.3 Å². The molecule has 0 atom stereocenters. The van der Waals surface area contributed by atoms with E-state index < -0.39 is 0 Å². The number of hydrogen-bond acceptors (Lipinski definition) is 3. The molecule has 0 aliphatic heterocycles. The first-order chi connectivity index (χ1) is 7.84. The Morgan fingerprint density at radius 3 is 2.62 bits per heavy atom. The quantitative estimate of drug-likeness (QED) is 0.787. The molecule has 0 saturated heterocycles. The van der Waals surface area contributed by atoms with Gasteiger partial charge < -0.3 is 0 Å². The van der Waals surface area contributed by atoms with Gasteiger partial charge in [0.1, 0.15) is 10.4 Å². The van der Waals surface area contributed by atoms with Crippen molar-refractivity contribution in [3.8, 4) is 17.3 Å². The standard InChI is InChI=1S/C13H10N2S/c14-9-13(6-7-13)12-15-11(8-16-12)10-4-2-1-3-5-10/h1-5,8H,6-7H2. The smallest absolute Gasteiger partial charge is 0.114 e. The molecule has 1 fully saturated rings. The zero-order valence-electron chi connectivity index (χ0n) is 8.68. The predicted octanol–water partition coefficient (Wildman–Crippen LogP) is 3.37. The molecule has 2 aromatic rings. The summed E-state index contributed by atoms with van der Waals surface area (Å²) in [6.45, 7) is 0. The molecule has 2 nitrogen and oxygen atoms in total. The largest absolute Gasteiger partial charge is 0.240 e.